The molecule has 0 saturated carbocycles. The molecule has 0 spiro atoms. The van der Waals surface area contributed by atoms with Gasteiger partial charge in [0.05, 0.1) is 5.70 Å². The zero-order chi connectivity index (χ0) is 16.7. The van der Waals surface area contributed by atoms with Gasteiger partial charge in [-0.25, -0.2) is 0 Å². The second kappa shape index (κ2) is 8.44. The second-order valence-corrected chi connectivity index (χ2v) is 5.97. The van der Waals surface area contributed by atoms with Crippen LogP contribution in [0.3, 0.4) is 0 Å². The summed E-state index contributed by atoms with van der Waals surface area (Å²) < 4.78 is 0. The van der Waals surface area contributed by atoms with Crippen LogP contribution in [0.2, 0.25) is 0 Å². The van der Waals surface area contributed by atoms with Gasteiger partial charge in [-0.05, 0) is 31.4 Å². The Kier molecular flexibility index (Phi) is 6.93. The number of nitrogens with one attached hydrogen (secondary N) is 1. The first-order valence-corrected chi connectivity index (χ1v) is 7.55. The molecule has 22 heavy (non-hydrogen) atoms. The van der Waals surface area contributed by atoms with Crippen molar-refractivity contribution >= 4 is 0 Å². The molecule has 0 aromatic heterocycles. The van der Waals surface area contributed by atoms with Crippen molar-refractivity contribution in [2.75, 3.05) is 14.1 Å². The van der Waals surface area contributed by atoms with Gasteiger partial charge in [-0.2, -0.15) is 0 Å². The Bertz CT molecular complexity index is 536. The largest absolute Gasteiger partial charge is 0.378 e. The number of rotatable bonds is 7. The number of hydrogen-bond donors (Lipinski definition) is 2. The van der Waals surface area contributed by atoms with Crippen molar-refractivity contribution in [2.45, 2.75) is 20.3 Å². The van der Waals surface area contributed by atoms with Gasteiger partial charge in [0.15, 0.2) is 0 Å². The second-order valence-electron chi connectivity index (χ2n) is 5.97. The molecular weight excluding hydrogens is 272 g/mol. The topological polar surface area (TPSA) is 35.5 Å². The van der Waals surface area contributed by atoms with E-state index in [1.165, 1.54) is 11.3 Å². The Morgan fingerprint density at radius 3 is 2.59 bits per heavy atom. The first-order chi connectivity index (χ1) is 10.3. The highest BCUT2D eigenvalue weighted by Crippen LogP contribution is 2.29. The lowest BCUT2D eigenvalue weighted by Gasteiger charge is -2.24. The summed E-state index contributed by atoms with van der Waals surface area (Å²) in [5, 5.41) is 8.70. The van der Waals surface area contributed by atoms with Crippen LogP contribution in [0.15, 0.2) is 72.2 Å². The minimum absolute atomic E-state index is 0.295. The zero-order valence-corrected chi connectivity index (χ0v) is 14.1. The van der Waals surface area contributed by atoms with Crippen molar-refractivity contribution in [2.24, 2.45) is 11.8 Å². The van der Waals surface area contributed by atoms with Crippen LogP contribution < -0.4 is 5.48 Å². The van der Waals surface area contributed by atoms with Crippen molar-refractivity contribution in [3.63, 3.8) is 0 Å². The zero-order valence-electron chi connectivity index (χ0n) is 14.1. The number of hydrogen-bond acceptors (Lipinski definition) is 3. The van der Waals surface area contributed by atoms with Crippen LogP contribution >= 0.6 is 0 Å². The monoisotopic (exact) mass is 300 g/mol. The van der Waals surface area contributed by atoms with Crippen LogP contribution in [-0.4, -0.2) is 24.2 Å². The standard InChI is InChI=1S/C19H28N2O/c1-14(7-8-16(3)20-22)13-15(2)17(4)18-9-11-19(12-10-18)21(5)6/h7-9,11-13,15,18,20,22H,3-4,10H2,1-2,5-6H3/b8-7+,14-13+/t15-,18?/m1/s1. The van der Waals surface area contributed by atoms with E-state index in [2.05, 4.69) is 63.4 Å². The molecule has 1 rings (SSSR count). The first kappa shape index (κ1) is 18.1. The Hall–Kier alpha value is -2.00. The molecule has 0 aliphatic heterocycles. The van der Waals surface area contributed by atoms with Gasteiger partial charge in [-0.15, -0.1) is 0 Å². The molecule has 3 nitrogen and oxygen atoms in total. The van der Waals surface area contributed by atoms with Crippen molar-refractivity contribution in [3.05, 3.63) is 72.2 Å². The molecule has 1 aliphatic carbocycles. The number of likely N-dealkylation sites (N-methyl/N-ethyl adjacent to an activating group) is 1. The number of hydroxylamine groups is 1. The Morgan fingerprint density at radius 1 is 1.41 bits per heavy atom. The maximum Gasteiger partial charge on any atom is 0.0530 e. The normalized spacial score (nSPS) is 19.8. The van der Waals surface area contributed by atoms with E-state index in [0.29, 0.717) is 17.5 Å². The van der Waals surface area contributed by atoms with E-state index in [9.17, 15) is 0 Å². The average Bonchev–Trinajstić information content (AvgIpc) is 2.51. The molecule has 0 fully saturated rings. The minimum atomic E-state index is 0.295. The van der Waals surface area contributed by atoms with E-state index in [-0.39, 0.29) is 0 Å². The molecule has 0 heterocycles. The lowest BCUT2D eigenvalue weighted by atomic mass is 9.84. The van der Waals surface area contributed by atoms with E-state index in [1.807, 2.05) is 18.5 Å². The molecule has 0 saturated heterocycles. The van der Waals surface area contributed by atoms with Gasteiger partial charge in [-0.1, -0.05) is 55.5 Å². The molecule has 1 unspecified atom stereocenters. The highest BCUT2D eigenvalue weighted by molar-refractivity contribution is 5.31. The van der Waals surface area contributed by atoms with E-state index in [0.717, 1.165) is 12.0 Å². The van der Waals surface area contributed by atoms with Crippen LogP contribution in [-0.2, 0) is 0 Å². The lowest BCUT2D eigenvalue weighted by molar-refractivity contribution is 0.205. The minimum Gasteiger partial charge on any atom is -0.378 e. The summed E-state index contributed by atoms with van der Waals surface area (Å²) in [7, 11) is 4.11. The predicted octanol–water partition coefficient (Wildman–Crippen LogP) is 4.20. The van der Waals surface area contributed by atoms with Crippen molar-refractivity contribution in [1.29, 1.82) is 0 Å². The maximum atomic E-state index is 8.70. The van der Waals surface area contributed by atoms with Crippen LogP contribution in [0.4, 0.5) is 0 Å². The molecule has 0 bridgehead atoms. The van der Waals surface area contributed by atoms with Gasteiger partial charge < -0.3 is 4.90 Å². The molecule has 0 amide bonds. The van der Waals surface area contributed by atoms with Gasteiger partial charge in [0.1, 0.15) is 0 Å². The summed E-state index contributed by atoms with van der Waals surface area (Å²) in [4.78, 5) is 2.12. The Balaban J connectivity index is 2.65. The molecule has 2 N–H and O–H groups in total. The molecule has 2 atom stereocenters. The third-order valence-corrected chi connectivity index (χ3v) is 3.86. The summed E-state index contributed by atoms with van der Waals surface area (Å²) in [6, 6.07) is 0. The molecule has 120 valence electrons. The first-order valence-electron chi connectivity index (χ1n) is 7.55. The SMILES string of the molecule is C=C(/C=C/C(C)=C/[C@@H](C)C(=C)C1C=CC(N(C)C)=CC1)NO. The fourth-order valence-electron chi connectivity index (χ4n) is 2.38. The molecular formula is C19H28N2O. The van der Waals surface area contributed by atoms with Crippen LogP contribution in [0, 0.1) is 11.8 Å². The fourth-order valence-corrected chi connectivity index (χ4v) is 2.38. The maximum absolute atomic E-state index is 8.70. The average molecular weight is 300 g/mol. The predicted molar refractivity (Wildman–Crippen MR) is 94.3 cm³/mol. The van der Waals surface area contributed by atoms with E-state index in [4.69, 9.17) is 5.21 Å². The molecule has 1 aliphatic rings. The smallest absolute Gasteiger partial charge is 0.0530 e. The van der Waals surface area contributed by atoms with Gasteiger partial charge in [0.25, 0.3) is 0 Å². The van der Waals surface area contributed by atoms with Gasteiger partial charge in [0.2, 0.25) is 0 Å². The van der Waals surface area contributed by atoms with Crippen molar-refractivity contribution in [3.8, 4) is 0 Å². The van der Waals surface area contributed by atoms with Crippen LogP contribution in [0.5, 0.6) is 0 Å². The van der Waals surface area contributed by atoms with Gasteiger partial charge >= 0.3 is 0 Å². The van der Waals surface area contributed by atoms with E-state index in [1.54, 1.807) is 6.08 Å². The van der Waals surface area contributed by atoms with Crippen molar-refractivity contribution in [1.82, 2.24) is 10.4 Å². The summed E-state index contributed by atoms with van der Waals surface area (Å²) >= 11 is 0. The molecule has 0 aromatic carbocycles. The van der Waals surface area contributed by atoms with Gasteiger partial charge in [0, 0.05) is 25.7 Å². The number of allylic oxidation sites excluding steroid dienone is 8. The summed E-state index contributed by atoms with van der Waals surface area (Å²) in [5.41, 5.74) is 6.07. The highest BCUT2D eigenvalue weighted by Gasteiger charge is 2.16. The third kappa shape index (κ3) is 5.41. The van der Waals surface area contributed by atoms with Gasteiger partial charge in [-0.3, -0.25) is 10.7 Å². The summed E-state index contributed by atoms with van der Waals surface area (Å²) in [6.07, 6.45) is 13.5. The van der Waals surface area contributed by atoms with E-state index >= 15 is 0 Å². The molecule has 3 heteroatoms. The Labute approximate surface area is 134 Å². The van der Waals surface area contributed by atoms with Crippen molar-refractivity contribution < 1.29 is 5.21 Å². The number of nitrogens with zero attached hydrogens (tertiary/aromatic N) is 1. The lowest BCUT2D eigenvalue weighted by Crippen LogP contribution is -2.15. The summed E-state index contributed by atoms with van der Waals surface area (Å²) in [6.45, 7) is 12.1. The third-order valence-electron chi connectivity index (χ3n) is 3.86. The fraction of sp³-hybridized carbons (Fsp3) is 0.368. The molecule has 0 radical (unpaired) electrons. The van der Waals surface area contributed by atoms with Crippen LogP contribution in [0.25, 0.3) is 0 Å². The van der Waals surface area contributed by atoms with E-state index < -0.39 is 0 Å². The molecule has 0 aromatic rings. The highest BCUT2D eigenvalue weighted by atomic mass is 16.5. The van der Waals surface area contributed by atoms with Crippen LogP contribution in [0.1, 0.15) is 20.3 Å². The summed E-state index contributed by atoms with van der Waals surface area (Å²) in [5.74, 6) is 0.685. The quantitative estimate of drug-likeness (QED) is 0.420. The Morgan fingerprint density at radius 2 is 2.09 bits per heavy atom.